The summed E-state index contributed by atoms with van der Waals surface area (Å²) in [6.45, 7) is 0.0448. The molecule has 0 aromatic heterocycles. The highest BCUT2D eigenvalue weighted by atomic mass is 35.5. The minimum Gasteiger partial charge on any atom is -0.623 e. The fourth-order valence-electron chi connectivity index (χ4n) is 2.49. The van der Waals surface area contributed by atoms with E-state index in [0.717, 1.165) is 4.74 Å². The Kier molecular flexibility index (Phi) is 5.15. The molecule has 0 amide bonds. The molecule has 3 rings (SSSR count). The number of nitrogens with zero attached hydrogens (tertiary/aromatic N) is 3. The highest BCUT2D eigenvalue weighted by Crippen LogP contribution is 2.28. The summed E-state index contributed by atoms with van der Waals surface area (Å²) < 4.78 is 0.806. The first-order valence-corrected chi connectivity index (χ1v) is 7.01. The highest BCUT2D eigenvalue weighted by molar-refractivity contribution is 6.14. The van der Waals surface area contributed by atoms with Gasteiger partial charge in [-0.05, 0) is 18.2 Å². The molecular formula is C16H15ClN4O3. The number of non-ortho nitro benzene ring substituents is 1. The average molecular weight is 347 g/mol. The Balaban J connectivity index is 0.00000208. The minimum atomic E-state index is -0.481. The van der Waals surface area contributed by atoms with Crippen molar-refractivity contribution in [3.8, 4) is 0 Å². The molecule has 0 bridgehead atoms. The molecule has 0 spiro atoms. The Morgan fingerprint density at radius 1 is 1.21 bits per heavy atom. The van der Waals surface area contributed by atoms with Crippen LogP contribution in [0, 0.1) is 15.3 Å². The first-order chi connectivity index (χ1) is 11.1. The van der Waals surface area contributed by atoms with Crippen molar-refractivity contribution >= 4 is 35.3 Å². The number of amidine groups is 1. The van der Waals surface area contributed by atoms with Crippen LogP contribution in [0.1, 0.15) is 11.1 Å². The molecule has 1 heterocycles. The number of hydrogen-bond acceptors (Lipinski definition) is 5. The van der Waals surface area contributed by atoms with Gasteiger partial charge in [-0.15, -0.1) is 12.4 Å². The molecule has 124 valence electrons. The Morgan fingerprint density at radius 2 is 1.92 bits per heavy atom. The van der Waals surface area contributed by atoms with Crippen molar-refractivity contribution in [2.24, 2.45) is 4.99 Å². The SMILES string of the molecule is CNC1=Nc2ccc([N+](=O)[O-])cc2C(c2ccccc2)=[N+]([O-])C1.Cl. The van der Waals surface area contributed by atoms with Gasteiger partial charge in [0.05, 0.1) is 16.2 Å². The summed E-state index contributed by atoms with van der Waals surface area (Å²) in [7, 11) is 1.69. The van der Waals surface area contributed by atoms with Crippen LogP contribution in [0.2, 0.25) is 0 Å². The summed E-state index contributed by atoms with van der Waals surface area (Å²) in [5.74, 6) is 0.501. The summed E-state index contributed by atoms with van der Waals surface area (Å²) in [4.78, 5) is 15.0. The van der Waals surface area contributed by atoms with E-state index in [1.54, 1.807) is 25.2 Å². The predicted octanol–water partition coefficient (Wildman–Crippen LogP) is 2.63. The second-order valence-electron chi connectivity index (χ2n) is 5.02. The number of hydrogen-bond donors (Lipinski definition) is 1. The van der Waals surface area contributed by atoms with Gasteiger partial charge in [0, 0.05) is 24.7 Å². The standard InChI is InChI=1S/C16H14N4O3.ClH/c1-17-15-10-19(21)16(11-5-3-2-4-6-11)13-9-12(20(22)23)7-8-14(13)18-15;/h2-9H,10H2,1H3,(H,17,18);1H. The summed E-state index contributed by atoms with van der Waals surface area (Å²) in [5.41, 5.74) is 1.96. The summed E-state index contributed by atoms with van der Waals surface area (Å²) in [5, 5.41) is 26.6. The van der Waals surface area contributed by atoms with Crippen LogP contribution in [0.25, 0.3) is 0 Å². The minimum absolute atomic E-state index is 0. The Morgan fingerprint density at radius 3 is 2.54 bits per heavy atom. The van der Waals surface area contributed by atoms with Crippen LogP contribution in [0.5, 0.6) is 0 Å². The lowest BCUT2D eigenvalue weighted by atomic mass is 10.00. The smallest absolute Gasteiger partial charge is 0.270 e. The quantitative estimate of drug-likeness (QED) is 0.391. The van der Waals surface area contributed by atoms with Crippen molar-refractivity contribution in [3.63, 3.8) is 0 Å². The third kappa shape index (κ3) is 3.21. The van der Waals surface area contributed by atoms with Crippen LogP contribution in [0.3, 0.4) is 0 Å². The van der Waals surface area contributed by atoms with E-state index in [0.29, 0.717) is 28.4 Å². The van der Waals surface area contributed by atoms with Crippen LogP contribution >= 0.6 is 12.4 Å². The molecule has 0 fully saturated rings. The molecule has 0 unspecified atom stereocenters. The van der Waals surface area contributed by atoms with Gasteiger partial charge in [0.25, 0.3) is 5.69 Å². The number of fused-ring (bicyclic) bond motifs is 1. The number of nitro benzene ring substituents is 1. The van der Waals surface area contributed by atoms with E-state index in [1.807, 2.05) is 18.2 Å². The van der Waals surface area contributed by atoms with E-state index in [-0.39, 0.29) is 24.6 Å². The number of nitro groups is 1. The van der Waals surface area contributed by atoms with Gasteiger partial charge in [-0.25, -0.2) is 4.99 Å². The Bertz CT molecular complexity index is 834. The third-order valence-electron chi connectivity index (χ3n) is 3.58. The molecule has 0 saturated heterocycles. The van der Waals surface area contributed by atoms with Crippen LogP contribution in [0.15, 0.2) is 53.5 Å². The van der Waals surface area contributed by atoms with Crippen molar-refractivity contribution in [3.05, 3.63) is 75.0 Å². The molecule has 1 aliphatic rings. The third-order valence-corrected chi connectivity index (χ3v) is 3.58. The van der Waals surface area contributed by atoms with Gasteiger partial charge in [0.2, 0.25) is 12.3 Å². The Hall–Kier alpha value is -2.93. The second-order valence-corrected chi connectivity index (χ2v) is 5.02. The van der Waals surface area contributed by atoms with Gasteiger partial charge in [0.1, 0.15) is 0 Å². The maximum absolute atomic E-state index is 12.6. The van der Waals surface area contributed by atoms with Gasteiger partial charge in [-0.2, -0.15) is 4.74 Å². The number of halogens is 1. The van der Waals surface area contributed by atoms with Gasteiger partial charge < -0.3 is 10.5 Å². The van der Waals surface area contributed by atoms with Crippen molar-refractivity contribution in [1.29, 1.82) is 0 Å². The highest BCUT2D eigenvalue weighted by Gasteiger charge is 2.26. The van der Waals surface area contributed by atoms with Crippen LogP contribution in [-0.2, 0) is 0 Å². The molecule has 1 aliphatic heterocycles. The maximum Gasteiger partial charge on any atom is 0.270 e. The van der Waals surface area contributed by atoms with Crippen molar-refractivity contribution in [1.82, 2.24) is 5.32 Å². The number of benzene rings is 2. The molecule has 0 saturated carbocycles. The van der Waals surface area contributed by atoms with Gasteiger partial charge >= 0.3 is 0 Å². The number of aliphatic imine (C=N–C) groups is 1. The van der Waals surface area contributed by atoms with E-state index in [1.165, 1.54) is 12.1 Å². The van der Waals surface area contributed by atoms with Gasteiger partial charge in [-0.3, -0.25) is 10.1 Å². The molecule has 0 radical (unpaired) electrons. The molecule has 1 N–H and O–H groups in total. The largest absolute Gasteiger partial charge is 0.623 e. The first-order valence-electron chi connectivity index (χ1n) is 7.01. The second kappa shape index (κ2) is 7.10. The normalized spacial score (nSPS) is 13.3. The lowest BCUT2D eigenvalue weighted by molar-refractivity contribution is -0.439. The first kappa shape index (κ1) is 17.4. The van der Waals surface area contributed by atoms with Crippen LogP contribution in [0.4, 0.5) is 11.4 Å². The molecule has 2 aromatic rings. The topological polar surface area (TPSA) is 93.6 Å². The fraction of sp³-hybridized carbons (Fsp3) is 0.125. The van der Waals surface area contributed by atoms with Crippen molar-refractivity contribution < 1.29 is 9.66 Å². The molecule has 24 heavy (non-hydrogen) atoms. The average Bonchev–Trinajstić information content (AvgIpc) is 2.70. The molecule has 2 aromatic carbocycles. The predicted molar refractivity (Wildman–Crippen MR) is 94.6 cm³/mol. The number of nitrogens with one attached hydrogen (secondary N) is 1. The lowest BCUT2D eigenvalue weighted by Gasteiger charge is -2.10. The van der Waals surface area contributed by atoms with E-state index in [2.05, 4.69) is 10.3 Å². The van der Waals surface area contributed by atoms with E-state index in [4.69, 9.17) is 0 Å². The Labute approximate surface area is 144 Å². The lowest BCUT2D eigenvalue weighted by Crippen LogP contribution is -2.29. The zero-order valence-corrected chi connectivity index (χ0v) is 13.6. The zero-order valence-electron chi connectivity index (χ0n) is 12.8. The summed E-state index contributed by atoms with van der Waals surface area (Å²) in [6.07, 6.45) is 0. The van der Waals surface area contributed by atoms with Gasteiger partial charge in [-0.1, -0.05) is 18.2 Å². The molecule has 0 atom stereocenters. The maximum atomic E-state index is 12.6. The van der Waals surface area contributed by atoms with E-state index in [9.17, 15) is 15.3 Å². The number of rotatable bonds is 2. The molecule has 7 nitrogen and oxygen atoms in total. The van der Waals surface area contributed by atoms with Gasteiger partial charge in [0.15, 0.2) is 5.84 Å². The fourth-order valence-corrected chi connectivity index (χ4v) is 2.49. The molecular weight excluding hydrogens is 332 g/mol. The molecule has 0 aliphatic carbocycles. The van der Waals surface area contributed by atoms with Crippen molar-refractivity contribution in [2.45, 2.75) is 0 Å². The van der Waals surface area contributed by atoms with Crippen molar-refractivity contribution in [2.75, 3.05) is 13.6 Å². The van der Waals surface area contributed by atoms with E-state index < -0.39 is 4.92 Å². The van der Waals surface area contributed by atoms with E-state index >= 15 is 0 Å². The summed E-state index contributed by atoms with van der Waals surface area (Å²) in [6, 6.07) is 13.4. The zero-order chi connectivity index (χ0) is 16.4. The number of likely N-dealkylation sites (N-methyl/N-ethyl adjacent to an activating group) is 1. The summed E-state index contributed by atoms with van der Waals surface area (Å²) >= 11 is 0. The van der Waals surface area contributed by atoms with Crippen LogP contribution < -0.4 is 5.32 Å². The number of hydroxylamine groups is 1. The van der Waals surface area contributed by atoms with Crippen LogP contribution in [-0.4, -0.2) is 34.8 Å². The molecule has 8 heteroatoms. The monoisotopic (exact) mass is 346 g/mol.